The lowest BCUT2D eigenvalue weighted by Gasteiger charge is -2.02. The smallest absolute Gasteiger partial charge is 0.302 e. The number of benzene rings is 1. The van der Waals surface area contributed by atoms with Crippen molar-refractivity contribution >= 4 is 11.3 Å². The Morgan fingerprint density at radius 1 is 1.44 bits per heavy atom. The summed E-state index contributed by atoms with van der Waals surface area (Å²) >= 11 is 1.09. The molecule has 2 rings (SSSR count). The van der Waals surface area contributed by atoms with Crippen LogP contribution < -0.4 is 4.87 Å². The first-order valence-corrected chi connectivity index (χ1v) is 5.40. The molecule has 3 nitrogen and oxygen atoms in total. The van der Waals surface area contributed by atoms with Crippen LogP contribution in [0.3, 0.4) is 0 Å². The monoisotopic (exact) mass is 234 g/mol. The van der Waals surface area contributed by atoms with E-state index in [1.54, 1.807) is 17.6 Å². The molecule has 0 unspecified atom stereocenters. The van der Waals surface area contributed by atoms with Gasteiger partial charge in [0.15, 0.2) is 0 Å². The first kappa shape index (κ1) is 10.6. The zero-order valence-electron chi connectivity index (χ0n) is 8.18. The van der Waals surface area contributed by atoms with Gasteiger partial charge < -0.3 is 4.57 Å². The highest BCUT2D eigenvalue weighted by Gasteiger charge is 2.03. The highest BCUT2D eigenvalue weighted by atomic mass is 32.1. The molecule has 0 saturated heterocycles. The van der Waals surface area contributed by atoms with E-state index in [0.717, 1.165) is 11.3 Å². The Balaban J connectivity index is 2.36. The number of hydrogen-bond acceptors (Lipinski definition) is 3. The van der Waals surface area contributed by atoms with Crippen LogP contribution in [0.1, 0.15) is 11.1 Å². The lowest BCUT2D eigenvalue weighted by Crippen LogP contribution is -2.12. The molecule has 0 amide bonds. The molecule has 16 heavy (non-hydrogen) atoms. The third-order valence-electron chi connectivity index (χ3n) is 2.08. The number of aromatic nitrogens is 1. The molecule has 0 bridgehead atoms. The maximum Gasteiger partial charge on any atom is 0.307 e. The minimum absolute atomic E-state index is 0.0947. The number of nitriles is 1. The largest absolute Gasteiger partial charge is 0.307 e. The van der Waals surface area contributed by atoms with Gasteiger partial charge in [0.05, 0.1) is 18.2 Å². The van der Waals surface area contributed by atoms with Gasteiger partial charge in [-0.3, -0.25) is 4.79 Å². The van der Waals surface area contributed by atoms with Crippen LogP contribution in [0.5, 0.6) is 0 Å². The molecule has 1 aromatic heterocycles. The molecule has 0 aliphatic heterocycles. The molecule has 0 N–H and O–H groups in total. The molecule has 0 atom stereocenters. The van der Waals surface area contributed by atoms with E-state index in [9.17, 15) is 9.18 Å². The van der Waals surface area contributed by atoms with Crippen LogP contribution in [0.2, 0.25) is 0 Å². The predicted molar refractivity (Wildman–Crippen MR) is 58.8 cm³/mol. The first-order valence-electron chi connectivity index (χ1n) is 4.52. The van der Waals surface area contributed by atoms with Crippen molar-refractivity contribution in [2.24, 2.45) is 0 Å². The first-order chi connectivity index (χ1) is 7.69. The van der Waals surface area contributed by atoms with Crippen molar-refractivity contribution in [3.05, 3.63) is 56.4 Å². The Bertz CT molecular complexity index is 609. The van der Waals surface area contributed by atoms with Gasteiger partial charge in [-0.1, -0.05) is 11.3 Å². The summed E-state index contributed by atoms with van der Waals surface area (Å²) in [6.07, 6.45) is 1.64. The molecular weight excluding hydrogens is 227 g/mol. The highest BCUT2D eigenvalue weighted by molar-refractivity contribution is 7.07. The summed E-state index contributed by atoms with van der Waals surface area (Å²) in [5, 5.41) is 10.4. The van der Waals surface area contributed by atoms with Crippen LogP contribution >= 0.6 is 11.3 Å². The predicted octanol–water partition coefficient (Wildman–Crippen LogP) is 1.97. The SMILES string of the molecule is N#Cc1cc(F)cc(Cn2ccsc2=O)c1. The Hall–Kier alpha value is -1.93. The van der Waals surface area contributed by atoms with Gasteiger partial charge in [-0.15, -0.1) is 0 Å². The summed E-state index contributed by atoms with van der Waals surface area (Å²) in [4.78, 5) is 11.2. The fourth-order valence-corrected chi connectivity index (χ4v) is 2.00. The normalized spacial score (nSPS) is 10.0. The van der Waals surface area contributed by atoms with Gasteiger partial charge in [0.2, 0.25) is 0 Å². The fourth-order valence-electron chi connectivity index (χ4n) is 1.41. The maximum atomic E-state index is 13.1. The Labute approximate surface area is 95.0 Å². The van der Waals surface area contributed by atoms with Gasteiger partial charge in [-0.25, -0.2) is 4.39 Å². The second-order valence-corrected chi connectivity index (χ2v) is 4.11. The molecule has 80 valence electrons. The van der Waals surface area contributed by atoms with Crippen molar-refractivity contribution in [2.75, 3.05) is 0 Å². The second-order valence-electron chi connectivity index (χ2n) is 3.26. The van der Waals surface area contributed by atoms with Crippen LogP contribution in [0.4, 0.5) is 4.39 Å². The number of thiazole rings is 1. The van der Waals surface area contributed by atoms with Crippen molar-refractivity contribution in [3.8, 4) is 6.07 Å². The number of rotatable bonds is 2. The van der Waals surface area contributed by atoms with E-state index in [2.05, 4.69) is 0 Å². The Kier molecular flexibility index (Phi) is 2.84. The van der Waals surface area contributed by atoms with Gasteiger partial charge in [0.1, 0.15) is 5.82 Å². The van der Waals surface area contributed by atoms with Crippen LogP contribution in [0, 0.1) is 17.1 Å². The van der Waals surface area contributed by atoms with Gasteiger partial charge >= 0.3 is 4.87 Å². The molecule has 5 heteroatoms. The Morgan fingerprint density at radius 2 is 2.25 bits per heavy atom. The fraction of sp³-hybridized carbons (Fsp3) is 0.0909. The topological polar surface area (TPSA) is 45.8 Å². The summed E-state index contributed by atoms with van der Waals surface area (Å²) < 4.78 is 14.6. The highest BCUT2D eigenvalue weighted by Crippen LogP contribution is 2.09. The summed E-state index contributed by atoms with van der Waals surface area (Å²) in [5.41, 5.74) is 0.871. The van der Waals surface area contributed by atoms with Crippen molar-refractivity contribution in [2.45, 2.75) is 6.54 Å². The molecule has 0 saturated carbocycles. The van der Waals surface area contributed by atoms with Gasteiger partial charge in [-0.05, 0) is 23.8 Å². The van der Waals surface area contributed by atoms with E-state index in [1.165, 1.54) is 16.7 Å². The third-order valence-corrected chi connectivity index (χ3v) is 2.78. The summed E-state index contributed by atoms with van der Waals surface area (Å²) in [6.45, 7) is 0.286. The zero-order valence-corrected chi connectivity index (χ0v) is 9.00. The molecule has 0 radical (unpaired) electrons. The van der Waals surface area contributed by atoms with Crippen molar-refractivity contribution in [1.82, 2.24) is 4.57 Å². The number of halogens is 1. The van der Waals surface area contributed by atoms with Crippen molar-refractivity contribution < 1.29 is 4.39 Å². The maximum absolute atomic E-state index is 13.1. The van der Waals surface area contributed by atoms with E-state index in [-0.39, 0.29) is 17.0 Å². The minimum Gasteiger partial charge on any atom is -0.302 e. The van der Waals surface area contributed by atoms with Gasteiger partial charge in [-0.2, -0.15) is 5.26 Å². The molecule has 1 aromatic carbocycles. The second kappa shape index (κ2) is 4.29. The number of hydrogen-bond donors (Lipinski definition) is 0. The molecular formula is C11H7FN2OS. The van der Waals surface area contributed by atoms with E-state index in [1.807, 2.05) is 6.07 Å². The average Bonchev–Trinajstić information content (AvgIpc) is 2.63. The van der Waals surface area contributed by atoms with Crippen LogP contribution in [0.15, 0.2) is 34.6 Å². The summed E-state index contributed by atoms with van der Waals surface area (Å²) in [6, 6.07) is 5.95. The molecule has 0 fully saturated rings. The third kappa shape index (κ3) is 2.18. The Morgan fingerprint density at radius 3 is 2.88 bits per heavy atom. The van der Waals surface area contributed by atoms with E-state index < -0.39 is 5.82 Å². The lowest BCUT2D eigenvalue weighted by atomic mass is 10.1. The lowest BCUT2D eigenvalue weighted by molar-refractivity contribution is 0.622. The minimum atomic E-state index is -0.461. The molecule has 0 spiro atoms. The summed E-state index contributed by atoms with van der Waals surface area (Å²) in [5.74, 6) is -0.461. The molecule has 0 aliphatic rings. The average molecular weight is 234 g/mol. The number of nitrogens with zero attached hydrogens (tertiary/aromatic N) is 2. The van der Waals surface area contributed by atoms with Gasteiger partial charge in [0.25, 0.3) is 0 Å². The van der Waals surface area contributed by atoms with E-state index >= 15 is 0 Å². The van der Waals surface area contributed by atoms with E-state index in [0.29, 0.717) is 5.56 Å². The quantitative estimate of drug-likeness (QED) is 0.797. The van der Waals surface area contributed by atoms with E-state index in [4.69, 9.17) is 5.26 Å². The van der Waals surface area contributed by atoms with Crippen molar-refractivity contribution in [3.63, 3.8) is 0 Å². The molecule has 0 aliphatic carbocycles. The molecule has 1 heterocycles. The molecule has 2 aromatic rings. The van der Waals surface area contributed by atoms with Gasteiger partial charge in [0, 0.05) is 11.6 Å². The summed E-state index contributed by atoms with van der Waals surface area (Å²) in [7, 11) is 0. The van der Waals surface area contributed by atoms with Crippen molar-refractivity contribution in [1.29, 1.82) is 5.26 Å². The van der Waals surface area contributed by atoms with Crippen LogP contribution in [-0.2, 0) is 6.54 Å². The standard InChI is InChI=1S/C11H7FN2OS/c12-10-4-8(6-13)3-9(5-10)7-14-1-2-16-11(14)15/h1-5H,7H2. The van der Waals surface area contributed by atoms with Crippen LogP contribution in [-0.4, -0.2) is 4.57 Å². The zero-order chi connectivity index (χ0) is 11.5. The van der Waals surface area contributed by atoms with Crippen LogP contribution in [0.25, 0.3) is 0 Å².